The highest BCUT2D eigenvalue weighted by Gasteiger charge is 2.37. The average molecular weight is 291 g/mol. The van der Waals surface area contributed by atoms with Crippen LogP contribution < -0.4 is 14.8 Å². The molecule has 4 heteroatoms. The lowest BCUT2D eigenvalue weighted by molar-refractivity contribution is -0.114. The topological polar surface area (TPSA) is 39.7 Å². The fourth-order valence-corrected chi connectivity index (χ4v) is 2.89. The van der Waals surface area contributed by atoms with E-state index in [0.717, 1.165) is 30.0 Å². The van der Waals surface area contributed by atoms with Gasteiger partial charge in [0.25, 0.3) is 0 Å². The minimum absolute atomic E-state index is 0.0816. The molecule has 0 aromatic heterocycles. The Hall–Kier alpha value is -1.26. The molecule has 0 bridgehead atoms. The molecular weight excluding hydrogens is 266 g/mol. The Balaban J connectivity index is 1.53. The van der Waals surface area contributed by atoms with E-state index in [1.165, 1.54) is 19.3 Å². The number of nitrogens with one attached hydrogen (secondary N) is 1. The van der Waals surface area contributed by atoms with Gasteiger partial charge in [0.2, 0.25) is 6.79 Å². The first kappa shape index (κ1) is 14.7. The third kappa shape index (κ3) is 3.50. The molecule has 21 heavy (non-hydrogen) atoms. The van der Waals surface area contributed by atoms with Crippen LogP contribution in [0.2, 0.25) is 0 Å². The van der Waals surface area contributed by atoms with Crippen molar-refractivity contribution in [2.75, 3.05) is 13.3 Å². The molecule has 0 saturated heterocycles. The highest BCUT2D eigenvalue weighted by molar-refractivity contribution is 5.44. The predicted octanol–water partition coefficient (Wildman–Crippen LogP) is 3.24. The van der Waals surface area contributed by atoms with Crippen molar-refractivity contribution in [1.29, 1.82) is 0 Å². The Kier molecular flexibility index (Phi) is 4.36. The molecule has 0 amide bonds. The van der Waals surface area contributed by atoms with Crippen LogP contribution in [0.3, 0.4) is 0 Å². The van der Waals surface area contributed by atoms with Crippen molar-refractivity contribution in [2.45, 2.75) is 57.8 Å². The molecule has 1 aromatic carbocycles. The van der Waals surface area contributed by atoms with E-state index in [1.54, 1.807) is 0 Å². The second-order valence-electron chi connectivity index (χ2n) is 6.37. The zero-order chi connectivity index (χ0) is 14.7. The molecule has 0 radical (unpaired) electrons. The summed E-state index contributed by atoms with van der Waals surface area (Å²) in [4.78, 5) is 0. The molecule has 4 nitrogen and oxygen atoms in total. The largest absolute Gasteiger partial charge is 0.454 e. The monoisotopic (exact) mass is 291 g/mol. The summed E-state index contributed by atoms with van der Waals surface area (Å²) >= 11 is 0. The summed E-state index contributed by atoms with van der Waals surface area (Å²) in [6.45, 7) is 6.36. The average Bonchev–Trinajstić information content (AvgIpc) is 2.87. The molecule has 0 spiro atoms. The van der Waals surface area contributed by atoms with Crippen molar-refractivity contribution in [3.63, 3.8) is 0 Å². The Bertz CT molecular complexity index is 483. The molecule has 116 valence electrons. The van der Waals surface area contributed by atoms with Crippen LogP contribution in [0.5, 0.6) is 11.5 Å². The fourth-order valence-electron chi connectivity index (χ4n) is 2.89. The number of hydrogen-bond donors (Lipinski definition) is 1. The van der Waals surface area contributed by atoms with Gasteiger partial charge >= 0.3 is 0 Å². The van der Waals surface area contributed by atoms with E-state index >= 15 is 0 Å². The van der Waals surface area contributed by atoms with Crippen molar-refractivity contribution >= 4 is 0 Å². The summed E-state index contributed by atoms with van der Waals surface area (Å²) in [5.74, 6) is 1.67. The number of rotatable bonds is 7. The van der Waals surface area contributed by atoms with Crippen molar-refractivity contribution < 1.29 is 14.2 Å². The molecule has 3 rings (SSSR count). The fraction of sp³-hybridized carbons (Fsp3) is 0.647. The Labute approximate surface area is 126 Å². The third-order valence-corrected chi connectivity index (χ3v) is 4.38. The molecule has 1 saturated carbocycles. The second-order valence-corrected chi connectivity index (χ2v) is 6.37. The molecule has 2 aliphatic rings. The number of benzene rings is 1. The smallest absolute Gasteiger partial charge is 0.231 e. The van der Waals surface area contributed by atoms with Crippen LogP contribution in [0.4, 0.5) is 0 Å². The minimum Gasteiger partial charge on any atom is -0.454 e. The Morgan fingerprint density at radius 3 is 2.76 bits per heavy atom. The van der Waals surface area contributed by atoms with Crippen LogP contribution in [0, 0.1) is 0 Å². The van der Waals surface area contributed by atoms with E-state index in [1.807, 2.05) is 12.1 Å². The summed E-state index contributed by atoms with van der Waals surface area (Å²) in [5.41, 5.74) is 1.24. The molecule has 1 aliphatic carbocycles. The zero-order valence-corrected chi connectivity index (χ0v) is 13.0. The molecule has 1 heterocycles. The number of ether oxygens (including phenoxy) is 3. The lowest BCUT2D eigenvalue weighted by Gasteiger charge is -2.42. The van der Waals surface area contributed by atoms with Crippen LogP contribution in [-0.4, -0.2) is 25.0 Å². The van der Waals surface area contributed by atoms with E-state index in [0.29, 0.717) is 19.4 Å². The van der Waals surface area contributed by atoms with Gasteiger partial charge in [-0.25, -0.2) is 0 Å². The molecule has 1 aliphatic heterocycles. The third-order valence-electron chi connectivity index (χ3n) is 4.38. The van der Waals surface area contributed by atoms with Gasteiger partial charge in [-0.15, -0.1) is 0 Å². The second kappa shape index (κ2) is 6.24. The standard InChI is InChI=1S/C17H25NO3/c1-13(2)18-9-8-17(6-3-7-17)21-11-14-4-5-15-16(10-14)20-12-19-15/h4-5,10,13,18H,3,6-9,11-12H2,1-2H3. The van der Waals surface area contributed by atoms with E-state index in [-0.39, 0.29) is 5.60 Å². The highest BCUT2D eigenvalue weighted by atomic mass is 16.7. The molecule has 0 atom stereocenters. The van der Waals surface area contributed by atoms with Crippen LogP contribution in [-0.2, 0) is 11.3 Å². The first-order valence-electron chi connectivity index (χ1n) is 7.93. The molecule has 1 aromatic rings. The summed E-state index contributed by atoms with van der Waals surface area (Å²) in [5, 5.41) is 3.48. The lowest BCUT2D eigenvalue weighted by Crippen LogP contribution is -2.43. The van der Waals surface area contributed by atoms with E-state index in [4.69, 9.17) is 14.2 Å². The number of fused-ring (bicyclic) bond motifs is 1. The highest BCUT2D eigenvalue weighted by Crippen LogP contribution is 2.40. The summed E-state index contributed by atoms with van der Waals surface area (Å²) in [7, 11) is 0. The van der Waals surface area contributed by atoms with Crippen LogP contribution >= 0.6 is 0 Å². The SMILES string of the molecule is CC(C)NCCC1(OCc2ccc3c(c2)OCO3)CCC1. The zero-order valence-electron chi connectivity index (χ0n) is 13.0. The Morgan fingerprint density at radius 2 is 2.05 bits per heavy atom. The first-order chi connectivity index (χ1) is 10.2. The summed E-state index contributed by atoms with van der Waals surface area (Å²) in [6.07, 6.45) is 4.73. The van der Waals surface area contributed by atoms with Gasteiger partial charge < -0.3 is 19.5 Å². The minimum atomic E-state index is 0.0816. The van der Waals surface area contributed by atoms with Crippen LogP contribution in [0.25, 0.3) is 0 Å². The quantitative estimate of drug-likeness (QED) is 0.837. The maximum absolute atomic E-state index is 6.26. The van der Waals surface area contributed by atoms with Gasteiger partial charge in [0.15, 0.2) is 11.5 Å². The van der Waals surface area contributed by atoms with E-state index < -0.39 is 0 Å². The maximum atomic E-state index is 6.26. The maximum Gasteiger partial charge on any atom is 0.231 e. The van der Waals surface area contributed by atoms with Crippen LogP contribution in [0.15, 0.2) is 18.2 Å². The van der Waals surface area contributed by atoms with E-state index in [2.05, 4.69) is 25.2 Å². The Morgan fingerprint density at radius 1 is 1.24 bits per heavy atom. The van der Waals surface area contributed by atoms with Gasteiger partial charge in [-0.05, 0) is 49.9 Å². The van der Waals surface area contributed by atoms with Gasteiger partial charge in [0, 0.05) is 6.04 Å². The van der Waals surface area contributed by atoms with Gasteiger partial charge in [-0.1, -0.05) is 19.9 Å². The van der Waals surface area contributed by atoms with Gasteiger partial charge in [0.1, 0.15) is 0 Å². The lowest BCUT2D eigenvalue weighted by atomic mass is 9.77. The summed E-state index contributed by atoms with van der Waals surface area (Å²) in [6, 6.07) is 6.60. The van der Waals surface area contributed by atoms with Crippen molar-refractivity contribution in [2.24, 2.45) is 0 Å². The van der Waals surface area contributed by atoms with Crippen molar-refractivity contribution in [3.8, 4) is 11.5 Å². The molecule has 1 N–H and O–H groups in total. The molecule has 0 unspecified atom stereocenters. The number of hydrogen-bond acceptors (Lipinski definition) is 4. The van der Waals surface area contributed by atoms with Gasteiger partial charge in [0.05, 0.1) is 12.2 Å². The molecular formula is C17H25NO3. The summed E-state index contributed by atoms with van der Waals surface area (Å²) < 4.78 is 17.0. The predicted molar refractivity (Wildman–Crippen MR) is 81.7 cm³/mol. The van der Waals surface area contributed by atoms with Crippen LogP contribution in [0.1, 0.15) is 45.1 Å². The van der Waals surface area contributed by atoms with E-state index in [9.17, 15) is 0 Å². The van der Waals surface area contributed by atoms with Gasteiger partial charge in [-0.2, -0.15) is 0 Å². The molecule has 1 fully saturated rings. The van der Waals surface area contributed by atoms with Gasteiger partial charge in [-0.3, -0.25) is 0 Å². The normalized spacial score (nSPS) is 18.8. The van der Waals surface area contributed by atoms with Crippen molar-refractivity contribution in [3.05, 3.63) is 23.8 Å². The van der Waals surface area contributed by atoms with Crippen molar-refractivity contribution in [1.82, 2.24) is 5.32 Å². The first-order valence-corrected chi connectivity index (χ1v) is 7.93.